The van der Waals surface area contributed by atoms with Gasteiger partial charge in [0, 0.05) is 13.0 Å². The molecule has 0 aromatic carbocycles. The summed E-state index contributed by atoms with van der Waals surface area (Å²) < 4.78 is 34.4. The highest BCUT2D eigenvalue weighted by atomic mass is 31.2. The van der Waals surface area contributed by atoms with Crippen LogP contribution < -0.4 is 0 Å². The number of rotatable bonds is 47. The molecule has 0 heterocycles. The number of unbranched alkanes of at least 4 members (excludes halogenated alkanes) is 25. The lowest BCUT2D eigenvalue weighted by Crippen LogP contribution is -2.64. The SMILES string of the molecule is CC/C=C\C/C=C\C/C=C\C/C=C\C/C=C\CCCCCCCCCC(=O)OC(COCCCCCCCCCCCCCCCCCCCCC)COP(=O)(O)OC1C(O)C(O)C(O)C(O)C1O. The van der Waals surface area contributed by atoms with Crippen LogP contribution >= 0.6 is 7.82 Å². The Kier molecular flexibility index (Phi) is 43.2. The lowest BCUT2D eigenvalue weighted by Gasteiger charge is -2.41. The standard InChI is InChI=1S/C56H101O12P/c1-3-5-7-9-11-13-15-17-19-21-23-24-25-26-27-29-31-33-35-37-39-41-43-45-50(57)67-49(48-66-69(63,64)68-56-54(61)52(59)51(58)53(60)55(56)62)47-65-46-44-42-40-38-36-34-32-30-28-22-20-18-16-14-12-10-8-6-4-2/h5,7,11,13,17,19,23-24,26-27,49,51-56,58-62H,3-4,6,8-10,12,14-16,18,20-22,25,28-48H2,1-2H3,(H,63,64)/b7-5-,13-11-,19-17-,24-23-,27-26-. The normalized spacial score (nSPS) is 21.4. The largest absolute Gasteiger partial charge is 0.472 e. The summed E-state index contributed by atoms with van der Waals surface area (Å²) in [6, 6.07) is 0. The van der Waals surface area contributed by atoms with Crippen LogP contribution in [0, 0.1) is 0 Å². The van der Waals surface area contributed by atoms with Gasteiger partial charge in [-0.05, 0) is 57.8 Å². The van der Waals surface area contributed by atoms with Crippen molar-refractivity contribution in [2.45, 2.75) is 268 Å². The van der Waals surface area contributed by atoms with Crippen molar-refractivity contribution in [1.82, 2.24) is 0 Å². The van der Waals surface area contributed by atoms with E-state index in [-0.39, 0.29) is 13.0 Å². The average Bonchev–Trinajstić information content (AvgIpc) is 3.34. The van der Waals surface area contributed by atoms with Crippen molar-refractivity contribution < 1.29 is 58.3 Å². The predicted octanol–water partition coefficient (Wildman–Crippen LogP) is 12.9. The first-order valence-electron chi connectivity index (χ1n) is 27.6. The Morgan fingerprint density at radius 3 is 1.30 bits per heavy atom. The zero-order valence-corrected chi connectivity index (χ0v) is 44.2. The molecule has 0 radical (unpaired) electrons. The minimum atomic E-state index is -5.03. The number of phosphoric ester groups is 1. The predicted molar refractivity (Wildman–Crippen MR) is 281 cm³/mol. The van der Waals surface area contributed by atoms with Gasteiger partial charge >= 0.3 is 13.8 Å². The van der Waals surface area contributed by atoms with Crippen molar-refractivity contribution in [1.29, 1.82) is 0 Å². The maximum atomic E-state index is 12.9. The summed E-state index contributed by atoms with van der Waals surface area (Å²) in [5.74, 6) is -0.486. The van der Waals surface area contributed by atoms with E-state index in [1.165, 1.54) is 103 Å². The third-order valence-corrected chi connectivity index (χ3v) is 13.6. The van der Waals surface area contributed by atoms with E-state index >= 15 is 0 Å². The molecule has 0 aliphatic heterocycles. The van der Waals surface area contributed by atoms with Gasteiger partial charge in [-0.1, -0.05) is 222 Å². The monoisotopic (exact) mass is 997 g/mol. The second-order valence-corrected chi connectivity index (χ2v) is 20.5. The zero-order valence-electron chi connectivity index (χ0n) is 43.4. The first-order chi connectivity index (χ1) is 33.5. The van der Waals surface area contributed by atoms with E-state index in [4.69, 9.17) is 18.5 Å². The Balaban J connectivity index is 2.32. The Hall–Kier alpha value is -1.96. The molecule has 1 aliphatic rings. The number of ether oxygens (including phenoxy) is 2. The van der Waals surface area contributed by atoms with Gasteiger partial charge in [0.1, 0.15) is 42.7 Å². The maximum Gasteiger partial charge on any atom is 0.472 e. The Bertz CT molecular complexity index is 1370. The molecule has 0 aromatic heterocycles. The molecule has 69 heavy (non-hydrogen) atoms. The average molecular weight is 997 g/mol. The molecular weight excluding hydrogens is 896 g/mol. The fourth-order valence-electron chi connectivity index (χ4n) is 8.33. The van der Waals surface area contributed by atoms with Gasteiger partial charge in [-0.3, -0.25) is 13.8 Å². The third kappa shape index (κ3) is 37.5. The molecule has 6 N–H and O–H groups in total. The molecule has 0 spiro atoms. The number of hydrogen-bond acceptors (Lipinski definition) is 11. The van der Waals surface area contributed by atoms with Crippen molar-refractivity contribution in [3.05, 3.63) is 60.8 Å². The number of aliphatic hydroxyl groups is 5. The van der Waals surface area contributed by atoms with Crippen LogP contribution in [0.15, 0.2) is 60.8 Å². The first-order valence-corrected chi connectivity index (χ1v) is 29.1. The summed E-state index contributed by atoms with van der Waals surface area (Å²) in [7, 11) is -5.03. The number of esters is 1. The smallest absolute Gasteiger partial charge is 0.457 e. The first kappa shape index (κ1) is 65.1. The number of hydrogen-bond donors (Lipinski definition) is 6. The van der Waals surface area contributed by atoms with E-state index < -0.39 is 63.1 Å². The van der Waals surface area contributed by atoms with Crippen molar-refractivity contribution in [3.8, 4) is 0 Å². The quantitative estimate of drug-likeness (QED) is 0.0147. The van der Waals surface area contributed by atoms with Crippen LogP contribution in [0.5, 0.6) is 0 Å². The van der Waals surface area contributed by atoms with Crippen LogP contribution in [0.25, 0.3) is 0 Å². The highest BCUT2D eigenvalue weighted by Gasteiger charge is 2.51. The molecule has 0 aromatic rings. The van der Waals surface area contributed by atoms with Gasteiger partial charge in [0.05, 0.1) is 13.2 Å². The van der Waals surface area contributed by atoms with E-state index in [0.717, 1.165) is 96.3 Å². The van der Waals surface area contributed by atoms with E-state index in [1.54, 1.807) is 0 Å². The number of allylic oxidation sites excluding steroid dienone is 10. The molecule has 1 aliphatic carbocycles. The molecule has 402 valence electrons. The number of phosphoric acid groups is 1. The Morgan fingerprint density at radius 2 is 0.855 bits per heavy atom. The van der Waals surface area contributed by atoms with E-state index in [1.807, 2.05) is 0 Å². The molecule has 6 unspecified atom stereocenters. The van der Waals surface area contributed by atoms with Gasteiger partial charge in [0.15, 0.2) is 0 Å². The number of carbonyl (C=O) groups excluding carboxylic acids is 1. The van der Waals surface area contributed by atoms with Gasteiger partial charge in [0.2, 0.25) is 0 Å². The summed E-state index contributed by atoms with van der Waals surface area (Å²) in [5.41, 5.74) is 0. The van der Waals surface area contributed by atoms with Crippen molar-refractivity contribution in [3.63, 3.8) is 0 Å². The molecule has 0 bridgehead atoms. The summed E-state index contributed by atoms with van der Waals surface area (Å²) in [6.07, 6.45) is 47.1. The van der Waals surface area contributed by atoms with Crippen LogP contribution in [0.3, 0.4) is 0 Å². The maximum absolute atomic E-state index is 12.9. The van der Waals surface area contributed by atoms with Crippen LogP contribution in [-0.2, 0) is 27.9 Å². The Morgan fingerprint density at radius 1 is 0.478 bits per heavy atom. The zero-order chi connectivity index (χ0) is 50.5. The summed E-state index contributed by atoms with van der Waals surface area (Å²) in [5, 5.41) is 50.4. The van der Waals surface area contributed by atoms with E-state index in [2.05, 4.69) is 74.6 Å². The topological polar surface area (TPSA) is 192 Å². The Labute approximate surface area is 419 Å². The van der Waals surface area contributed by atoms with E-state index in [9.17, 15) is 39.8 Å². The number of aliphatic hydroxyl groups excluding tert-OH is 5. The van der Waals surface area contributed by atoms with E-state index in [0.29, 0.717) is 13.0 Å². The van der Waals surface area contributed by atoms with Crippen LogP contribution in [0.1, 0.15) is 226 Å². The lowest BCUT2D eigenvalue weighted by atomic mass is 9.85. The molecule has 6 atom stereocenters. The molecule has 12 nitrogen and oxygen atoms in total. The minimum absolute atomic E-state index is 0.0806. The van der Waals surface area contributed by atoms with Crippen molar-refractivity contribution in [2.24, 2.45) is 0 Å². The van der Waals surface area contributed by atoms with Crippen molar-refractivity contribution >= 4 is 13.8 Å². The molecule has 1 fully saturated rings. The summed E-state index contributed by atoms with van der Waals surface area (Å²) in [4.78, 5) is 23.3. The van der Waals surface area contributed by atoms with Gasteiger partial charge in [-0.25, -0.2) is 4.57 Å². The third-order valence-electron chi connectivity index (χ3n) is 12.7. The van der Waals surface area contributed by atoms with Gasteiger partial charge in [-0.15, -0.1) is 0 Å². The summed E-state index contributed by atoms with van der Waals surface area (Å²) >= 11 is 0. The molecule has 0 saturated heterocycles. The summed E-state index contributed by atoms with van der Waals surface area (Å²) in [6.45, 7) is 4.17. The van der Waals surface area contributed by atoms with Gasteiger partial charge in [0.25, 0.3) is 0 Å². The van der Waals surface area contributed by atoms with Gasteiger partial charge in [-0.2, -0.15) is 0 Å². The molecule has 1 rings (SSSR count). The fraction of sp³-hybridized carbons (Fsp3) is 0.804. The van der Waals surface area contributed by atoms with Crippen molar-refractivity contribution in [2.75, 3.05) is 19.8 Å². The lowest BCUT2D eigenvalue weighted by molar-refractivity contribution is -0.220. The molecule has 13 heteroatoms. The highest BCUT2D eigenvalue weighted by Crippen LogP contribution is 2.47. The van der Waals surface area contributed by atoms with Crippen LogP contribution in [0.4, 0.5) is 0 Å². The van der Waals surface area contributed by atoms with Crippen LogP contribution in [0.2, 0.25) is 0 Å². The number of carbonyl (C=O) groups is 1. The second kappa shape index (κ2) is 45.9. The highest BCUT2D eigenvalue weighted by molar-refractivity contribution is 7.47. The van der Waals surface area contributed by atoms with Gasteiger partial charge < -0.3 is 39.9 Å². The second-order valence-electron chi connectivity index (χ2n) is 19.1. The fourth-order valence-corrected chi connectivity index (χ4v) is 9.30. The molecule has 1 saturated carbocycles. The minimum Gasteiger partial charge on any atom is -0.457 e. The molecule has 0 amide bonds. The molecular formula is C56H101O12P. The van der Waals surface area contributed by atoms with Crippen LogP contribution in [-0.4, -0.2) is 98.9 Å².